The second kappa shape index (κ2) is 7.06. The summed E-state index contributed by atoms with van der Waals surface area (Å²) in [6, 6.07) is 0. The number of oxime groups is 1. The fourth-order valence-corrected chi connectivity index (χ4v) is 0.650. The van der Waals surface area contributed by atoms with Gasteiger partial charge in [0.2, 0.25) is 0 Å². The highest BCUT2D eigenvalue weighted by Gasteiger charge is 1.98. The SMILES string of the molecule is CC(=O)/C(C)=N/OCCCCC(=O)O. The first-order chi connectivity index (χ1) is 6.54. The van der Waals surface area contributed by atoms with Crippen molar-refractivity contribution in [2.45, 2.75) is 33.1 Å². The fraction of sp³-hybridized carbons (Fsp3) is 0.667. The van der Waals surface area contributed by atoms with Gasteiger partial charge in [-0.25, -0.2) is 0 Å². The van der Waals surface area contributed by atoms with E-state index in [9.17, 15) is 9.59 Å². The molecule has 5 heteroatoms. The van der Waals surface area contributed by atoms with Crippen molar-refractivity contribution >= 4 is 17.5 Å². The Hall–Kier alpha value is -1.39. The average molecular weight is 201 g/mol. The summed E-state index contributed by atoms with van der Waals surface area (Å²) in [7, 11) is 0. The number of Topliss-reactive ketones (excluding diaryl/α,β-unsaturated/α-hetero) is 1. The average Bonchev–Trinajstić information content (AvgIpc) is 2.09. The molecule has 14 heavy (non-hydrogen) atoms. The highest BCUT2D eigenvalue weighted by molar-refractivity contribution is 6.37. The zero-order valence-corrected chi connectivity index (χ0v) is 8.45. The van der Waals surface area contributed by atoms with Crippen LogP contribution in [0.25, 0.3) is 0 Å². The van der Waals surface area contributed by atoms with E-state index in [-0.39, 0.29) is 12.2 Å². The van der Waals surface area contributed by atoms with E-state index < -0.39 is 5.97 Å². The van der Waals surface area contributed by atoms with Crippen molar-refractivity contribution in [3.05, 3.63) is 0 Å². The summed E-state index contributed by atoms with van der Waals surface area (Å²) in [6.45, 7) is 3.32. The van der Waals surface area contributed by atoms with E-state index in [4.69, 9.17) is 9.94 Å². The van der Waals surface area contributed by atoms with E-state index in [2.05, 4.69) is 5.16 Å². The largest absolute Gasteiger partial charge is 0.481 e. The van der Waals surface area contributed by atoms with Crippen LogP contribution in [-0.2, 0) is 14.4 Å². The van der Waals surface area contributed by atoms with Gasteiger partial charge in [0, 0.05) is 13.3 Å². The lowest BCUT2D eigenvalue weighted by Crippen LogP contribution is -2.05. The number of aliphatic carboxylic acids is 1. The van der Waals surface area contributed by atoms with Crippen molar-refractivity contribution in [3.63, 3.8) is 0 Å². The summed E-state index contributed by atoms with van der Waals surface area (Å²) in [5, 5.41) is 11.9. The highest BCUT2D eigenvalue weighted by Crippen LogP contribution is 1.96. The van der Waals surface area contributed by atoms with Crippen LogP contribution in [0, 0.1) is 0 Å². The molecule has 0 saturated carbocycles. The highest BCUT2D eigenvalue weighted by atomic mass is 16.6. The number of nitrogens with zero attached hydrogens (tertiary/aromatic N) is 1. The van der Waals surface area contributed by atoms with E-state index in [0.717, 1.165) is 0 Å². The first-order valence-electron chi connectivity index (χ1n) is 4.43. The van der Waals surface area contributed by atoms with Crippen LogP contribution in [-0.4, -0.2) is 29.2 Å². The molecular formula is C9H15NO4. The van der Waals surface area contributed by atoms with Gasteiger partial charge in [-0.15, -0.1) is 0 Å². The Kier molecular flexibility index (Phi) is 6.36. The van der Waals surface area contributed by atoms with Gasteiger partial charge in [0.1, 0.15) is 12.3 Å². The number of unbranched alkanes of at least 4 members (excludes halogenated alkanes) is 1. The van der Waals surface area contributed by atoms with Crippen molar-refractivity contribution < 1.29 is 19.5 Å². The molecule has 0 heterocycles. The van der Waals surface area contributed by atoms with Gasteiger partial charge in [-0.05, 0) is 19.8 Å². The summed E-state index contributed by atoms with van der Waals surface area (Å²) in [6.07, 6.45) is 1.32. The first kappa shape index (κ1) is 12.6. The van der Waals surface area contributed by atoms with Gasteiger partial charge in [0.05, 0.1) is 0 Å². The van der Waals surface area contributed by atoms with E-state index in [1.165, 1.54) is 6.92 Å². The summed E-state index contributed by atoms with van der Waals surface area (Å²) in [4.78, 5) is 25.6. The van der Waals surface area contributed by atoms with Crippen LogP contribution in [0.1, 0.15) is 33.1 Å². The van der Waals surface area contributed by atoms with Crippen LogP contribution in [0.3, 0.4) is 0 Å². The summed E-state index contributed by atoms with van der Waals surface area (Å²) < 4.78 is 0. The Balaban J connectivity index is 3.42. The van der Waals surface area contributed by atoms with Gasteiger partial charge < -0.3 is 9.94 Å². The van der Waals surface area contributed by atoms with Crippen LogP contribution in [0.2, 0.25) is 0 Å². The van der Waals surface area contributed by atoms with Gasteiger partial charge in [-0.3, -0.25) is 9.59 Å². The third-order valence-corrected chi connectivity index (χ3v) is 1.59. The molecule has 1 N–H and O–H groups in total. The maximum Gasteiger partial charge on any atom is 0.303 e. The molecule has 0 amide bonds. The van der Waals surface area contributed by atoms with Crippen LogP contribution in [0.4, 0.5) is 0 Å². The second-order valence-electron chi connectivity index (χ2n) is 2.92. The number of carbonyl (C=O) groups excluding carboxylic acids is 1. The van der Waals surface area contributed by atoms with Gasteiger partial charge in [0.15, 0.2) is 5.78 Å². The van der Waals surface area contributed by atoms with Crippen LogP contribution >= 0.6 is 0 Å². The molecule has 0 unspecified atom stereocenters. The Bertz CT molecular complexity index is 235. The lowest BCUT2D eigenvalue weighted by atomic mass is 10.2. The lowest BCUT2D eigenvalue weighted by Gasteiger charge is -1.98. The van der Waals surface area contributed by atoms with E-state index in [0.29, 0.717) is 25.2 Å². The predicted molar refractivity (Wildman–Crippen MR) is 51.2 cm³/mol. The smallest absolute Gasteiger partial charge is 0.303 e. The number of carbonyl (C=O) groups is 2. The molecule has 0 aromatic rings. The van der Waals surface area contributed by atoms with Crippen molar-refractivity contribution in [3.8, 4) is 0 Å². The van der Waals surface area contributed by atoms with Crippen molar-refractivity contribution in [2.75, 3.05) is 6.61 Å². The number of rotatable bonds is 7. The summed E-state index contributed by atoms with van der Waals surface area (Å²) in [5.41, 5.74) is 0.322. The monoisotopic (exact) mass is 201 g/mol. The topological polar surface area (TPSA) is 76.0 Å². The maximum absolute atomic E-state index is 10.7. The van der Waals surface area contributed by atoms with E-state index in [1.807, 2.05) is 0 Å². The zero-order chi connectivity index (χ0) is 11.0. The minimum Gasteiger partial charge on any atom is -0.481 e. The minimum absolute atomic E-state index is 0.129. The predicted octanol–water partition coefficient (Wildman–Crippen LogP) is 1.22. The summed E-state index contributed by atoms with van der Waals surface area (Å²) in [5.74, 6) is -0.941. The molecule has 0 aliphatic heterocycles. The van der Waals surface area contributed by atoms with Gasteiger partial charge in [-0.2, -0.15) is 0 Å². The Labute approximate surface area is 82.7 Å². The molecule has 0 saturated heterocycles. The van der Waals surface area contributed by atoms with Crippen molar-refractivity contribution in [1.29, 1.82) is 0 Å². The van der Waals surface area contributed by atoms with Crippen molar-refractivity contribution in [2.24, 2.45) is 5.16 Å². The van der Waals surface area contributed by atoms with Crippen LogP contribution in [0.15, 0.2) is 5.16 Å². The van der Waals surface area contributed by atoms with Gasteiger partial charge in [-0.1, -0.05) is 5.16 Å². The molecule has 80 valence electrons. The third-order valence-electron chi connectivity index (χ3n) is 1.59. The Morgan fingerprint density at radius 3 is 2.43 bits per heavy atom. The van der Waals surface area contributed by atoms with Crippen LogP contribution < -0.4 is 0 Å². The standard InChI is InChI=1S/C9H15NO4/c1-7(8(2)11)10-14-6-4-3-5-9(12)13/h3-6H2,1-2H3,(H,12,13)/b10-7+. The molecular weight excluding hydrogens is 186 g/mol. The Morgan fingerprint density at radius 2 is 1.93 bits per heavy atom. The molecule has 0 atom stereocenters. The molecule has 0 aromatic carbocycles. The number of hydrogen-bond donors (Lipinski definition) is 1. The molecule has 5 nitrogen and oxygen atoms in total. The maximum atomic E-state index is 10.7. The van der Waals surface area contributed by atoms with Gasteiger partial charge >= 0.3 is 5.97 Å². The quantitative estimate of drug-likeness (QED) is 0.381. The molecule has 0 radical (unpaired) electrons. The van der Waals surface area contributed by atoms with Crippen LogP contribution in [0.5, 0.6) is 0 Å². The molecule has 0 spiro atoms. The number of hydrogen-bond acceptors (Lipinski definition) is 4. The molecule has 0 aliphatic carbocycles. The Morgan fingerprint density at radius 1 is 1.29 bits per heavy atom. The normalized spacial score (nSPS) is 11.1. The number of carboxylic acids is 1. The van der Waals surface area contributed by atoms with E-state index in [1.54, 1.807) is 6.92 Å². The number of ketones is 1. The minimum atomic E-state index is -0.812. The molecule has 0 rings (SSSR count). The lowest BCUT2D eigenvalue weighted by molar-refractivity contribution is -0.137. The van der Waals surface area contributed by atoms with Gasteiger partial charge in [0.25, 0.3) is 0 Å². The molecule has 0 aromatic heterocycles. The third kappa shape index (κ3) is 7.27. The van der Waals surface area contributed by atoms with Crippen molar-refractivity contribution in [1.82, 2.24) is 0 Å². The van der Waals surface area contributed by atoms with E-state index >= 15 is 0 Å². The number of carboxylic acid groups (broad SMARTS) is 1. The summed E-state index contributed by atoms with van der Waals surface area (Å²) >= 11 is 0. The zero-order valence-electron chi connectivity index (χ0n) is 8.45. The fourth-order valence-electron chi connectivity index (χ4n) is 0.650. The first-order valence-corrected chi connectivity index (χ1v) is 4.43. The molecule has 0 fully saturated rings. The molecule has 0 aliphatic rings. The second-order valence-corrected chi connectivity index (χ2v) is 2.92. The molecule has 0 bridgehead atoms.